The predicted molar refractivity (Wildman–Crippen MR) is 131 cm³/mol. The van der Waals surface area contributed by atoms with Crippen LogP contribution in [0.15, 0.2) is 70.0 Å². The summed E-state index contributed by atoms with van der Waals surface area (Å²) in [5, 5.41) is 0.0232. The van der Waals surface area contributed by atoms with Gasteiger partial charge in [0.2, 0.25) is 0 Å². The average Bonchev–Trinajstić information content (AvgIpc) is 3.07. The van der Waals surface area contributed by atoms with Crippen molar-refractivity contribution < 1.29 is 23.5 Å². The largest absolute Gasteiger partial charge is 0.493 e. The summed E-state index contributed by atoms with van der Waals surface area (Å²) in [6, 6.07) is 16.0. The molecule has 1 aliphatic rings. The Hall–Kier alpha value is -2.81. The molecule has 3 aromatic carbocycles. The van der Waals surface area contributed by atoms with Gasteiger partial charge in [0, 0.05) is 9.50 Å². The lowest BCUT2D eigenvalue weighted by molar-refractivity contribution is -0.113. The van der Waals surface area contributed by atoms with Gasteiger partial charge in [-0.15, -0.1) is 0 Å². The number of anilines is 1. The van der Waals surface area contributed by atoms with E-state index in [1.54, 1.807) is 54.6 Å². The molecule has 1 heterocycles. The fourth-order valence-electron chi connectivity index (χ4n) is 3.12. The Balaban J connectivity index is 1.58. The number of benzene rings is 3. The van der Waals surface area contributed by atoms with E-state index in [0.29, 0.717) is 32.2 Å². The Morgan fingerprint density at radius 1 is 1.09 bits per heavy atom. The molecule has 0 N–H and O–H groups in total. The van der Waals surface area contributed by atoms with Crippen molar-refractivity contribution in [3.8, 4) is 11.5 Å². The number of carbonyl (C=O) groups is 2. The lowest BCUT2D eigenvalue weighted by Gasteiger charge is -2.13. The molecule has 1 aliphatic heterocycles. The normalized spacial score (nSPS) is 14.8. The Morgan fingerprint density at radius 3 is 2.55 bits per heavy atom. The van der Waals surface area contributed by atoms with E-state index in [1.165, 1.54) is 19.2 Å². The third kappa shape index (κ3) is 5.24. The number of nitrogens with zero attached hydrogens (tertiary/aromatic N) is 1. The van der Waals surface area contributed by atoms with Gasteiger partial charge in [0.25, 0.3) is 11.1 Å². The first-order valence-corrected chi connectivity index (χ1v) is 11.6. The topological polar surface area (TPSA) is 55.8 Å². The second-order valence-corrected chi connectivity index (χ2v) is 9.22. The molecule has 0 aromatic heterocycles. The Bertz CT molecular complexity index is 1270. The maximum atomic E-state index is 13.1. The highest BCUT2D eigenvalue weighted by molar-refractivity contribution is 9.10. The van der Waals surface area contributed by atoms with E-state index in [9.17, 15) is 14.0 Å². The average molecular weight is 549 g/mol. The number of thioether (sulfide) groups is 1. The minimum atomic E-state index is -0.435. The van der Waals surface area contributed by atoms with Gasteiger partial charge in [-0.05, 0) is 71.4 Å². The van der Waals surface area contributed by atoms with Crippen LogP contribution in [0.5, 0.6) is 11.5 Å². The van der Waals surface area contributed by atoms with E-state index in [-0.39, 0.29) is 17.3 Å². The minimum Gasteiger partial charge on any atom is -0.493 e. The summed E-state index contributed by atoms with van der Waals surface area (Å²) in [6.07, 6.45) is 1.62. The second-order valence-electron chi connectivity index (χ2n) is 6.94. The van der Waals surface area contributed by atoms with Crippen molar-refractivity contribution in [1.82, 2.24) is 0 Å². The summed E-state index contributed by atoms with van der Waals surface area (Å²) in [4.78, 5) is 26.8. The lowest BCUT2D eigenvalue weighted by atomic mass is 10.1. The van der Waals surface area contributed by atoms with Crippen LogP contribution in [-0.4, -0.2) is 18.3 Å². The van der Waals surface area contributed by atoms with Crippen LogP contribution >= 0.6 is 39.3 Å². The first-order valence-electron chi connectivity index (χ1n) is 9.64. The van der Waals surface area contributed by atoms with Gasteiger partial charge in [0.05, 0.1) is 17.7 Å². The van der Waals surface area contributed by atoms with Crippen molar-refractivity contribution in [2.45, 2.75) is 6.61 Å². The van der Waals surface area contributed by atoms with Gasteiger partial charge in [-0.25, -0.2) is 9.29 Å². The highest BCUT2D eigenvalue weighted by Crippen LogP contribution is 2.40. The van der Waals surface area contributed by atoms with Crippen molar-refractivity contribution in [1.29, 1.82) is 0 Å². The van der Waals surface area contributed by atoms with Crippen molar-refractivity contribution in [3.05, 3.63) is 92.0 Å². The van der Waals surface area contributed by atoms with E-state index in [0.717, 1.165) is 22.2 Å². The van der Waals surface area contributed by atoms with E-state index in [4.69, 9.17) is 21.1 Å². The zero-order valence-corrected chi connectivity index (χ0v) is 20.3. The van der Waals surface area contributed by atoms with Crippen LogP contribution in [0.4, 0.5) is 14.9 Å². The molecule has 0 bridgehead atoms. The fraction of sp³-hybridized carbons (Fsp3) is 0.0833. The molecule has 0 saturated carbocycles. The van der Waals surface area contributed by atoms with Gasteiger partial charge in [0.15, 0.2) is 11.5 Å². The first-order chi connectivity index (χ1) is 15.9. The summed E-state index contributed by atoms with van der Waals surface area (Å²) in [5.74, 6) is 0.163. The van der Waals surface area contributed by atoms with E-state index < -0.39 is 11.1 Å². The van der Waals surface area contributed by atoms with Crippen LogP contribution in [-0.2, 0) is 11.4 Å². The Kier molecular flexibility index (Phi) is 7.07. The summed E-state index contributed by atoms with van der Waals surface area (Å²) >= 11 is 10.3. The zero-order valence-electron chi connectivity index (χ0n) is 17.2. The smallest absolute Gasteiger partial charge is 0.298 e. The summed E-state index contributed by atoms with van der Waals surface area (Å²) in [6.45, 7) is 0.223. The van der Waals surface area contributed by atoms with Gasteiger partial charge in [-0.3, -0.25) is 9.59 Å². The summed E-state index contributed by atoms with van der Waals surface area (Å²) in [5.41, 5.74) is 1.85. The third-order valence-corrected chi connectivity index (χ3v) is 6.53. The maximum absolute atomic E-state index is 13.1. The molecule has 0 aliphatic carbocycles. The van der Waals surface area contributed by atoms with Gasteiger partial charge in [-0.2, -0.15) is 0 Å². The number of halogens is 3. The van der Waals surface area contributed by atoms with Crippen LogP contribution < -0.4 is 14.4 Å². The van der Waals surface area contributed by atoms with Crippen LogP contribution in [0.2, 0.25) is 5.02 Å². The molecule has 0 radical (unpaired) electrons. The molecule has 2 amide bonds. The van der Waals surface area contributed by atoms with Crippen molar-refractivity contribution >= 4 is 62.2 Å². The number of amides is 2. The van der Waals surface area contributed by atoms with Crippen molar-refractivity contribution in [2.75, 3.05) is 12.0 Å². The first kappa shape index (κ1) is 23.4. The molecule has 5 nitrogen and oxygen atoms in total. The SMILES string of the molecule is COc1cc(/C=C2/SC(=O)N(c3cccc(Cl)c3)C2=O)c(Br)cc1OCc1ccc(F)cc1. The molecule has 33 heavy (non-hydrogen) atoms. The second kappa shape index (κ2) is 9.99. The third-order valence-electron chi connectivity index (χ3n) is 4.74. The van der Waals surface area contributed by atoms with Gasteiger partial charge in [0.1, 0.15) is 12.4 Å². The number of imide groups is 1. The molecule has 0 unspecified atom stereocenters. The molecule has 4 rings (SSSR count). The standard InChI is InChI=1S/C24H16BrClFNO4S/c1-31-20-9-15(19(25)12-21(20)32-13-14-5-7-17(27)8-6-14)10-22-23(29)28(24(30)33-22)18-4-2-3-16(26)11-18/h2-12H,13H2,1H3/b22-10+. The van der Waals surface area contributed by atoms with Crippen molar-refractivity contribution in [2.24, 2.45) is 0 Å². The maximum Gasteiger partial charge on any atom is 0.298 e. The van der Waals surface area contributed by atoms with Crippen LogP contribution in [0.25, 0.3) is 6.08 Å². The fourth-order valence-corrected chi connectivity index (χ4v) is 4.58. The monoisotopic (exact) mass is 547 g/mol. The number of methoxy groups -OCH3 is 1. The summed E-state index contributed by atoms with van der Waals surface area (Å²) < 4.78 is 25.0. The number of hydrogen-bond donors (Lipinski definition) is 0. The van der Waals surface area contributed by atoms with E-state index in [1.807, 2.05) is 0 Å². The minimum absolute atomic E-state index is 0.223. The van der Waals surface area contributed by atoms with Gasteiger partial charge < -0.3 is 9.47 Å². The number of rotatable bonds is 6. The zero-order chi connectivity index (χ0) is 23.5. The molecule has 9 heteroatoms. The van der Waals surface area contributed by atoms with Gasteiger partial charge in [-0.1, -0.05) is 45.7 Å². The predicted octanol–water partition coefficient (Wildman–Crippen LogP) is 7.07. The number of ether oxygens (including phenoxy) is 2. The molecular weight excluding hydrogens is 533 g/mol. The molecule has 0 spiro atoms. The molecule has 1 saturated heterocycles. The Labute approximate surface area is 207 Å². The van der Waals surface area contributed by atoms with Crippen LogP contribution in [0, 0.1) is 5.82 Å². The van der Waals surface area contributed by atoms with E-state index in [2.05, 4.69) is 15.9 Å². The van der Waals surface area contributed by atoms with Gasteiger partial charge >= 0.3 is 0 Å². The molecule has 168 valence electrons. The van der Waals surface area contributed by atoms with Crippen molar-refractivity contribution in [3.63, 3.8) is 0 Å². The molecule has 1 fully saturated rings. The highest BCUT2D eigenvalue weighted by Gasteiger charge is 2.36. The van der Waals surface area contributed by atoms with Crippen LogP contribution in [0.1, 0.15) is 11.1 Å². The van der Waals surface area contributed by atoms with E-state index >= 15 is 0 Å². The Morgan fingerprint density at radius 2 is 1.85 bits per heavy atom. The summed E-state index contributed by atoms with van der Waals surface area (Å²) in [7, 11) is 1.50. The quantitative estimate of drug-likeness (QED) is 0.308. The highest BCUT2D eigenvalue weighted by atomic mass is 79.9. The number of hydrogen-bond acceptors (Lipinski definition) is 5. The molecule has 3 aromatic rings. The number of carbonyl (C=O) groups excluding carboxylic acids is 2. The lowest BCUT2D eigenvalue weighted by Crippen LogP contribution is -2.27. The van der Waals surface area contributed by atoms with Crippen LogP contribution in [0.3, 0.4) is 0 Å². The molecular formula is C24H16BrClFNO4S. The molecule has 0 atom stereocenters.